The van der Waals surface area contributed by atoms with Crippen LogP contribution in [0.25, 0.3) is 0 Å². The second-order valence-electron chi connectivity index (χ2n) is 3.10. The topological polar surface area (TPSA) is 44.1 Å². The molecule has 0 amide bonds. The largest absolute Gasteiger partial charge is 0.437 e. The molecule has 2 rings (SSSR count). The Labute approximate surface area is 87.1 Å². The van der Waals surface area contributed by atoms with E-state index in [2.05, 4.69) is 5.10 Å². The fraction of sp³-hybridized carbons (Fsp3) is 0.0909. The monoisotopic (exact) mass is 202 g/mol. The maximum absolute atomic E-state index is 10.7. The number of aromatic nitrogens is 2. The van der Waals surface area contributed by atoms with Crippen molar-refractivity contribution in [1.29, 1.82) is 0 Å². The predicted octanol–water partition coefficient (Wildman–Crippen LogP) is 2.02. The first kappa shape index (κ1) is 9.45. The summed E-state index contributed by atoms with van der Waals surface area (Å²) in [5, 5.41) is 4.04. The van der Waals surface area contributed by atoms with Crippen LogP contribution in [0.1, 0.15) is 10.4 Å². The zero-order chi connectivity index (χ0) is 10.7. The lowest BCUT2D eigenvalue weighted by Gasteiger charge is -2.01. The van der Waals surface area contributed by atoms with Gasteiger partial charge in [0.05, 0.1) is 5.56 Å². The Bertz CT molecular complexity index is 463. The van der Waals surface area contributed by atoms with E-state index in [1.54, 1.807) is 17.9 Å². The molecule has 0 saturated heterocycles. The van der Waals surface area contributed by atoms with Gasteiger partial charge in [-0.05, 0) is 12.1 Å². The zero-order valence-electron chi connectivity index (χ0n) is 8.25. The molecule has 4 heteroatoms. The first-order valence-electron chi connectivity index (χ1n) is 4.51. The van der Waals surface area contributed by atoms with Gasteiger partial charge in [0, 0.05) is 13.2 Å². The van der Waals surface area contributed by atoms with Gasteiger partial charge in [-0.15, -0.1) is 5.10 Å². The summed E-state index contributed by atoms with van der Waals surface area (Å²) in [6.45, 7) is 0. The molecule has 0 aliphatic carbocycles. The van der Waals surface area contributed by atoms with E-state index < -0.39 is 0 Å². The molecular weight excluding hydrogens is 192 g/mol. The van der Waals surface area contributed by atoms with E-state index in [-0.39, 0.29) is 0 Å². The van der Waals surface area contributed by atoms with Crippen molar-refractivity contribution in [2.24, 2.45) is 7.05 Å². The highest BCUT2D eigenvalue weighted by Crippen LogP contribution is 2.21. The number of aryl methyl sites for hydroxylation is 1. The van der Waals surface area contributed by atoms with Crippen LogP contribution in [-0.2, 0) is 7.05 Å². The van der Waals surface area contributed by atoms with Gasteiger partial charge in [0.1, 0.15) is 5.75 Å². The van der Waals surface area contributed by atoms with Gasteiger partial charge in [0.2, 0.25) is 5.88 Å². The van der Waals surface area contributed by atoms with Gasteiger partial charge >= 0.3 is 0 Å². The zero-order valence-corrected chi connectivity index (χ0v) is 8.25. The Balaban J connectivity index is 2.28. The quantitative estimate of drug-likeness (QED) is 0.715. The fourth-order valence-corrected chi connectivity index (χ4v) is 1.25. The van der Waals surface area contributed by atoms with Gasteiger partial charge < -0.3 is 4.74 Å². The van der Waals surface area contributed by atoms with Crippen LogP contribution in [0.5, 0.6) is 11.6 Å². The predicted molar refractivity (Wildman–Crippen MR) is 55.1 cm³/mol. The van der Waals surface area contributed by atoms with E-state index in [1.165, 1.54) is 0 Å². The van der Waals surface area contributed by atoms with Gasteiger partial charge in [0.15, 0.2) is 6.29 Å². The maximum atomic E-state index is 10.7. The minimum Gasteiger partial charge on any atom is -0.437 e. The van der Waals surface area contributed by atoms with Crippen molar-refractivity contribution in [3.63, 3.8) is 0 Å². The molecule has 15 heavy (non-hydrogen) atoms. The normalized spacial score (nSPS) is 9.93. The number of nitrogens with zero attached hydrogens (tertiary/aromatic N) is 2. The number of hydrogen-bond donors (Lipinski definition) is 0. The first-order valence-corrected chi connectivity index (χ1v) is 4.51. The first-order chi connectivity index (χ1) is 7.29. The summed E-state index contributed by atoms with van der Waals surface area (Å²) in [4.78, 5) is 10.7. The Hall–Kier alpha value is -2.10. The number of benzene rings is 1. The number of rotatable bonds is 3. The molecule has 0 radical (unpaired) electrons. The van der Waals surface area contributed by atoms with Crippen LogP contribution in [0.4, 0.5) is 0 Å². The maximum Gasteiger partial charge on any atom is 0.248 e. The summed E-state index contributed by atoms with van der Waals surface area (Å²) >= 11 is 0. The van der Waals surface area contributed by atoms with Crippen molar-refractivity contribution in [2.75, 3.05) is 0 Å². The van der Waals surface area contributed by atoms with E-state index in [1.807, 2.05) is 30.3 Å². The van der Waals surface area contributed by atoms with E-state index in [0.29, 0.717) is 17.2 Å². The van der Waals surface area contributed by atoms with E-state index in [0.717, 1.165) is 6.29 Å². The third kappa shape index (κ3) is 2.04. The molecule has 0 N–H and O–H groups in total. The Morgan fingerprint density at radius 2 is 2.07 bits per heavy atom. The standard InChI is InChI=1S/C11H10N2O2/c1-13-7-9(8-14)11(12-13)15-10-5-3-2-4-6-10/h2-8H,1H3. The molecule has 0 fully saturated rings. The summed E-state index contributed by atoms with van der Waals surface area (Å²) in [7, 11) is 1.74. The summed E-state index contributed by atoms with van der Waals surface area (Å²) in [5.41, 5.74) is 0.446. The number of aldehydes is 1. The van der Waals surface area contributed by atoms with Crippen molar-refractivity contribution in [1.82, 2.24) is 9.78 Å². The highest BCUT2D eigenvalue weighted by Gasteiger charge is 2.08. The summed E-state index contributed by atoms with van der Waals surface area (Å²) in [6, 6.07) is 9.23. The highest BCUT2D eigenvalue weighted by molar-refractivity contribution is 5.77. The molecule has 0 atom stereocenters. The van der Waals surface area contributed by atoms with Crippen LogP contribution in [0.3, 0.4) is 0 Å². The Morgan fingerprint density at radius 3 is 2.73 bits per heavy atom. The Morgan fingerprint density at radius 1 is 1.33 bits per heavy atom. The van der Waals surface area contributed by atoms with Crippen LogP contribution >= 0.6 is 0 Å². The molecule has 1 aromatic carbocycles. The molecule has 0 saturated carbocycles. The second-order valence-corrected chi connectivity index (χ2v) is 3.10. The van der Waals surface area contributed by atoms with Crippen LogP contribution in [0, 0.1) is 0 Å². The summed E-state index contributed by atoms with van der Waals surface area (Å²) in [6.07, 6.45) is 2.34. The third-order valence-electron chi connectivity index (χ3n) is 1.91. The van der Waals surface area contributed by atoms with Crippen LogP contribution in [0.15, 0.2) is 36.5 Å². The van der Waals surface area contributed by atoms with Gasteiger partial charge in [-0.25, -0.2) is 0 Å². The van der Waals surface area contributed by atoms with Crippen molar-refractivity contribution >= 4 is 6.29 Å². The van der Waals surface area contributed by atoms with E-state index in [9.17, 15) is 4.79 Å². The molecular formula is C11H10N2O2. The molecule has 0 aliphatic rings. The van der Waals surface area contributed by atoms with Gasteiger partial charge in [-0.2, -0.15) is 0 Å². The fourth-order valence-electron chi connectivity index (χ4n) is 1.25. The third-order valence-corrected chi connectivity index (χ3v) is 1.91. The lowest BCUT2D eigenvalue weighted by atomic mass is 10.3. The Kier molecular flexibility index (Phi) is 2.49. The molecule has 0 unspecified atom stereocenters. The molecule has 0 spiro atoms. The molecule has 2 aromatic rings. The van der Waals surface area contributed by atoms with E-state index in [4.69, 9.17) is 4.74 Å². The van der Waals surface area contributed by atoms with Gasteiger partial charge in [0.25, 0.3) is 0 Å². The highest BCUT2D eigenvalue weighted by atomic mass is 16.5. The molecule has 4 nitrogen and oxygen atoms in total. The molecule has 0 aliphatic heterocycles. The second kappa shape index (κ2) is 3.96. The lowest BCUT2D eigenvalue weighted by Crippen LogP contribution is -1.90. The smallest absolute Gasteiger partial charge is 0.248 e. The molecule has 1 heterocycles. The summed E-state index contributed by atoms with van der Waals surface area (Å²) in [5.74, 6) is 0.998. The number of para-hydroxylation sites is 1. The van der Waals surface area contributed by atoms with Crippen molar-refractivity contribution in [3.05, 3.63) is 42.1 Å². The molecule has 76 valence electrons. The number of hydrogen-bond acceptors (Lipinski definition) is 3. The average Bonchev–Trinajstić information content (AvgIpc) is 2.60. The van der Waals surface area contributed by atoms with Crippen molar-refractivity contribution in [2.45, 2.75) is 0 Å². The minimum atomic E-state index is 0.332. The molecule has 1 aromatic heterocycles. The van der Waals surface area contributed by atoms with Gasteiger partial charge in [-0.3, -0.25) is 9.48 Å². The van der Waals surface area contributed by atoms with Crippen molar-refractivity contribution in [3.8, 4) is 11.6 Å². The van der Waals surface area contributed by atoms with E-state index >= 15 is 0 Å². The summed E-state index contributed by atoms with van der Waals surface area (Å²) < 4.78 is 7.00. The van der Waals surface area contributed by atoms with Crippen molar-refractivity contribution < 1.29 is 9.53 Å². The lowest BCUT2D eigenvalue weighted by molar-refractivity contribution is 0.112. The number of carbonyl (C=O) groups excluding carboxylic acids is 1. The average molecular weight is 202 g/mol. The van der Waals surface area contributed by atoms with Crippen LogP contribution < -0.4 is 4.74 Å². The number of carbonyl (C=O) groups is 1. The van der Waals surface area contributed by atoms with Gasteiger partial charge in [-0.1, -0.05) is 18.2 Å². The van der Waals surface area contributed by atoms with Crippen LogP contribution in [0.2, 0.25) is 0 Å². The number of ether oxygens (including phenoxy) is 1. The molecule has 0 bridgehead atoms. The minimum absolute atomic E-state index is 0.332. The van der Waals surface area contributed by atoms with Crippen LogP contribution in [-0.4, -0.2) is 16.1 Å². The SMILES string of the molecule is Cn1cc(C=O)c(Oc2ccccc2)n1.